The van der Waals surface area contributed by atoms with E-state index in [9.17, 15) is 0 Å². The number of benzene rings is 2. The van der Waals surface area contributed by atoms with Crippen LogP contribution in [-0.4, -0.2) is 13.7 Å². The van der Waals surface area contributed by atoms with Crippen molar-refractivity contribution in [2.45, 2.75) is 13.5 Å². The molecule has 0 saturated heterocycles. The highest BCUT2D eigenvalue weighted by molar-refractivity contribution is 6.32. The minimum absolute atomic E-state index is 0.568. The molecule has 2 aromatic carbocycles. The fourth-order valence-corrected chi connectivity index (χ4v) is 2.41. The Labute approximate surface area is 134 Å². The minimum Gasteiger partial charge on any atom is -0.495 e. The van der Waals surface area contributed by atoms with Crippen molar-refractivity contribution >= 4 is 28.9 Å². The van der Waals surface area contributed by atoms with Gasteiger partial charge in [0, 0.05) is 22.8 Å². The van der Waals surface area contributed by atoms with Gasteiger partial charge in [0.25, 0.3) is 0 Å². The Morgan fingerprint density at radius 3 is 2.48 bits per heavy atom. The molecule has 0 bridgehead atoms. The van der Waals surface area contributed by atoms with Crippen molar-refractivity contribution in [2.24, 2.45) is 0 Å². The van der Waals surface area contributed by atoms with E-state index in [4.69, 9.17) is 32.7 Å². The molecule has 0 atom stereocenters. The molecule has 5 heteroatoms. The quantitative estimate of drug-likeness (QED) is 0.809. The van der Waals surface area contributed by atoms with Gasteiger partial charge in [-0.1, -0.05) is 23.2 Å². The van der Waals surface area contributed by atoms with Gasteiger partial charge in [-0.2, -0.15) is 0 Å². The zero-order valence-corrected chi connectivity index (χ0v) is 13.5. The number of anilines is 1. The summed E-state index contributed by atoms with van der Waals surface area (Å²) in [4.78, 5) is 0. The molecule has 1 N–H and O–H groups in total. The number of halogens is 2. The lowest BCUT2D eigenvalue weighted by Crippen LogP contribution is -2.03. The van der Waals surface area contributed by atoms with Crippen LogP contribution in [0.25, 0.3) is 0 Å². The van der Waals surface area contributed by atoms with Crippen LogP contribution in [0.5, 0.6) is 11.5 Å². The minimum atomic E-state index is 0.568. The number of hydrogen-bond donors (Lipinski definition) is 1. The van der Waals surface area contributed by atoms with Crippen molar-refractivity contribution in [3.8, 4) is 11.5 Å². The number of methoxy groups -OCH3 is 1. The lowest BCUT2D eigenvalue weighted by Gasteiger charge is -2.13. The largest absolute Gasteiger partial charge is 0.495 e. The Morgan fingerprint density at radius 2 is 1.81 bits per heavy atom. The topological polar surface area (TPSA) is 30.5 Å². The second kappa shape index (κ2) is 7.43. The van der Waals surface area contributed by atoms with Crippen LogP contribution < -0.4 is 14.8 Å². The fraction of sp³-hybridized carbons (Fsp3) is 0.250. The fourth-order valence-electron chi connectivity index (χ4n) is 1.96. The summed E-state index contributed by atoms with van der Waals surface area (Å²) in [5.74, 6) is 1.48. The smallest absolute Gasteiger partial charge is 0.137 e. The molecular formula is C16H17Cl2NO2. The maximum atomic E-state index is 6.11. The average molecular weight is 326 g/mol. The second-order valence-electron chi connectivity index (χ2n) is 4.39. The first-order valence-electron chi connectivity index (χ1n) is 6.62. The standard InChI is InChI=1S/C16H17Cl2NO2/c1-3-21-15-6-4-12(17)8-11(15)10-19-13-5-7-16(20-2)14(18)9-13/h4-9,19H,3,10H2,1-2H3. The SMILES string of the molecule is CCOc1ccc(Cl)cc1CNc1ccc(OC)c(Cl)c1. The van der Waals surface area contributed by atoms with E-state index in [1.165, 1.54) is 0 Å². The van der Waals surface area contributed by atoms with Gasteiger partial charge in [-0.05, 0) is 43.3 Å². The van der Waals surface area contributed by atoms with Gasteiger partial charge < -0.3 is 14.8 Å². The van der Waals surface area contributed by atoms with Crippen LogP contribution in [0.3, 0.4) is 0 Å². The van der Waals surface area contributed by atoms with Gasteiger partial charge >= 0.3 is 0 Å². The molecule has 0 aliphatic heterocycles. The molecule has 112 valence electrons. The second-order valence-corrected chi connectivity index (χ2v) is 5.23. The molecule has 2 rings (SSSR count). The third kappa shape index (κ3) is 4.19. The van der Waals surface area contributed by atoms with Gasteiger partial charge in [-0.15, -0.1) is 0 Å². The van der Waals surface area contributed by atoms with Crippen LogP contribution in [-0.2, 0) is 6.54 Å². The number of rotatable bonds is 6. The molecule has 0 aromatic heterocycles. The van der Waals surface area contributed by atoms with E-state index in [2.05, 4.69) is 5.32 Å². The first kappa shape index (κ1) is 15.8. The zero-order chi connectivity index (χ0) is 15.2. The van der Waals surface area contributed by atoms with E-state index in [0.717, 1.165) is 17.0 Å². The maximum Gasteiger partial charge on any atom is 0.137 e. The highest BCUT2D eigenvalue weighted by atomic mass is 35.5. The van der Waals surface area contributed by atoms with Crippen LogP contribution in [0, 0.1) is 0 Å². The van der Waals surface area contributed by atoms with Crippen molar-refractivity contribution in [3.05, 3.63) is 52.0 Å². The predicted octanol–water partition coefficient (Wildman–Crippen LogP) is 5.01. The molecule has 0 amide bonds. The molecule has 3 nitrogen and oxygen atoms in total. The molecule has 0 heterocycles. The molecule has 0 aliphatic carbocycles. The van der Waals surface area contributed by atoms with E-state index in [1.807, 2.05) is 43.3 Å². The average Bonchev–Trinajstić information content (AvgIpc) is 2.48. The van der Waals surface area contributed by atoms with E-state index in [-0.39, 0.29) is 0 Å². The highest BCUT2D eigenvalue weighted by Crippen LogP contribution is 2.28. The van der Waals surface area contributed by atoms with Crippen molar-refractivity contribution < 1.29 is 9.47 Å². The molecule has 0 spiro atoms. The van der Waals surface area contributed by atoms with Crippen LogP contribution >= 0.6 is 23.2 Å². The van der Waals surface area contributed by atoms with Gasteiger partial charge in [-0.3, -0.25) is 0 Å². The lowest BCUT2D eigenvalue weighted by atomic mass is 10.2. The highest BCUT2D eigenvalue weighted by Gasteiger charge is 2.06. The Hall–Kier alpha value is -1.58. The maximum absolute atomic E-state index is 6.11. The van der Waals surface area contributed by atoms with Crippen LogP contribution in [0.4, 0.5) is 5.69 Å². The molecule has 0 radical (unpaired) electrons. The molecule has 0 fully saturated rings. The summed E-state index contributed by atoms with van der Waals surface area (Å²) >= 11 is 12.1. The summed E-state index contributed by atoms with van der Waals surface area (Å²) < 4.78 is 10.7. The van der Waals surface area contributed by atoms with Gasteiger partial charge in [0.15, 0.2) is 0 Å². The van der Waals surface area contributed by atoms with Gasteiger partial charge in [0.2, 0.25) is 0 Å². The molecule has 0 saturated carbocycles. The Bertz CT molecular complexity index is 617. The summed E-state index contributed by atoms with van der Waals surface area (Å²) in [6.07, 6.45) is 0. The molecule has 2 aromatic rings. The summed E-state index contributed by atoms with van der Waals surface area (Å²) in [6, 6.07) is 11.2. The summed E-state index contributed by atoms with van der Waals surface area (Å²) in [5.41, 5.74) is 1.90. The Balaban J connectivity index is 2.12. The zero-order valence-electron chi connectivity index (χ0n) is 12.0. The molecule has 0 aliphatic rings. The lowest BCUT2D eigenvalue weighted by molar-refractivity contribution is 0.337. The van der Waals surface area contributed by atoms with Crippen molar-refractivity contribution in [1.82, 2.24) is 0 Å². The first-order valence-corrected chi connectivity index (χ1v) is 7.38. The molecular weight excluding hydrogens is 309 g/mol. The van der Waals surface area contributed by atoms with Gasteiger partial charge in [-0.25, -0.2) is 0 Å². The van der Waals surface area contributed by atoms with E-state index < -0.39 is 0 Å². The number of ether oxygens (including phenoxy) is 2. The van der Waals surface area contributed by atoms with Crippen molar-refractivity contribution in [3.63, 3.8) is 0 Å². The number of hydrogen-bond acceptors (Lipinski definition) is 3. The first-order chi connectivity index (χ1) is 10.1. The summed E-state index contributed by atoms with van der Waals surface area (Å²) in [7, 11) is 1.59. The molecule has 0 unspecified atom stereocenters. The van der Waals surface area contributed by atoms with E-state index in [0.29, 0.717) is 28.9 Å². The van der Waals surface area contributed by atoms with E-state index in [1.54, 1.807) is 7.11 Å². The van der Waals surface area contributed by atoms with Crippen LogP contribution in [0.15, 0.2) is 36.4 Å². The molecule has 21 heavy (non-hydrogen) atoms. The summed E-state index contributed by atoms with van der Waals surface area (Å²) in [5, 5.41) is 4.55. The number of nitrogens with one attached hydrogen (secondary N) is 1. The van der Waals surface area contributed by atoms with Gasteiger partial charge in [0.1, 0.15) is 11.5 Å². The van der Waals surface area contributed by atoms with Crippen LogP contribution in [0.1, 0.15) is 12.5 Å². The van der Waals surface area contributed by atoms with Crippen LogP contribution in [0.2, 0.25) is 10.0 Å². The van der Waals surface area contributed by atoms with E-state index >= 15 is 0 Å². The van der Waals surface area contributed by atoms with Crippen molar-refractivity contribution in [2.75, 3.05) is 19.0 Å². The monoisotopic (exact) mass is 325 g/mol. The van der Waals surface area contributed by atoms with Crippen molar-refractivity contribution in [1.29, 1.82) is 0 Å². The summed E-state index contributed by atoms with van der Waals surface area (Å²) in [6.45, 7) is 3.16. The Morgan fingerprint density at radius 1 is 1.05 bits per heavy atom. The predicted molar refractivity (Wildman–Crippen MR) is 88.0 cm³/mol. The normalized spacial score (nSPS) is 10.3. The van der Waals surface area contributed by atoms with Gasteiger partial charge in [0.05, 0.1) is 18.7 Å². The third-order valence-electron chi connectivity index (χ3n) is 2.96. The Kier molecular flexibility index (Phi) is 5.59. The third-order valence-corrected chi connectivity index (χ3v) is 3.49.